The molecule has 1 N–H and O–H groups in total. The number of aromatic nitrogens is 7. The lowest BCUT2D eigenvalue weighted by Crippen LogP contribution is -2.46. The average molecular weight is 706 g/mol. The van der Waals surface area contributed by atoms with E-state index >= 15 is 0 Å². The molecule has 0 aliphatic carbocycles. The number of hydrogen-bond acceptors (Lipinski definition) is 9. The van der Waals surface area contributed by atoms with Crippen molar-refractivity contribution in [3.05, 3.63) is 123 Å². The highest BCUT2D eigenvalue weighted by Crippen LogP contribution is 2.33. The number of anilines is 1. The summed E-state index contributed by atoms with van der Waals surface area (Å²) >= 11 is 0. The first-order valence-electron chi connectivity index (χ1n) is 17.8. The number of nitrogens with zero attached hydrogens (tertiary/aromatic N) is 8. The number of para-hydroxylation sites is 1. The molecule has 12 nitrogen and oxygen atoms in total. The lowest BCUT2D eigenvalue weighted by atomic mass is 10.1. The van der Waals surface area contributed by atoms with Crippen molar-refractivity contribution in [2.24, 2.45) is 7.05 Å². The lowest BCUT2D eigenvalue weighted by Gasteiger charge is -2.33. The van der Waals surface area contributed by atoms with E-state index in [9.17, 15) is 9.59 Å². The Bertz CT molecular complexity index is 2570. The van der Waals surface area contributed by atoms with Gasteiger partial charge in [0.1, 0.15) is 11.5 Å². The summed E-state index contributed by atoms with van der Waals surface area (Å²) in [5, 5.41) is 4.59. The number of rotatable bonds is 9. The van der Waals surface area contributed by atoms with Crippen molar-refractivity contribution in [2.45, 2.75) is 52.4 Å². The molecule has 1 atom stereocenters. The number of imidazole rings is 1. The van der Waals surface area contributed by atoms with Crippen LogP contribution in [0.5, 0.6) is 0 Å². The van der Waals surface area contributed by atoms with Gasteiger partial charge in [-0.05, 0) is 32.8 Å². The monoisotopic (exact) mass is 705 g/mol. The van der Waals surface area contributed by atoms with E-state index in [1.807, 2.05) is 96.4 Å². The molecule has 1 aliphatic rings. The van der Waals surface area contributed by atoms with E-state index in [0.29, 0.717) is 41.9 Å². The number of oxazole rings is 1. The van der Waals surface area contributed by atoms with Crippen molar-refractivity contribution in [1.29, 1.82) is 0 Å². The molecule has 1 fully saturated rings. The normalized spacial score (nSPS) is 14.5. The third kappa shape index (κ3) is 6.51. The second-order valence-corrected chi connectivity index (χ2v) is 13.3. The maximum Gasteiger partial charge on any atom is 0.332 e. The van der Waals surface area contributed by atoms with Crippen LogP contribution in [-0.4, -0.2) is 52.8 Å². The summed E-state index contributed by atoms with van der Waals surface area (Å²) in [5.41, 5.74) is 4.02. The molecule has 0 spiro atoms. The fourth-order valence-electron chi connectivity index (χ4n) is 7.13. The minimum Gasteiger partial charge on any atom is -0.439 e. The molecule has 8 rings (SSSR count). The molecule has 0 saturated carbocycles. The molecule has 53 heavy (non-hydrogen) atoms. The van der Waals surface area contributed by atoms with Gasteiger partial charge in [-0.2, -0.15) is 4.98 Å². The van der Waals surface area contributed by atoms with Crippen LogP contribution in [0.15, 0.2) is 98.9 Å². The van der Waals surface area contributed by atoms with Crippen LogP contribution in [0.1, 0.15) is 37.2 Å². The number of piperidine rings is 1. The second-order valence-electron chi connectivity index (χ2n) is 13.3. The van der Waals surface area contributed by atoms with Crippen LogP contribution in [0, 0.1) is 18.8 Å². The zero-order valence-corrected chi connectivity index (χ0v) is 29.9. The number of aryl methyl sites for hydroxylation is 2. The summed E-state index contributed by atoms with van der Waals surface area (Å²) in [6.07, 6.45) is 1.85. The summed E-state index contributed by atoms with van der Waals surface area (Å²) in [4.78, 5) is 49.3. The first-order chi connectivity index (χ1) is 25.9. The highest BCUT2D eigenvalue weighted by atomic mass is 16.4. The van der Waals surface area contributed by atoms with E-state index in [4.69, 9.17) is 14.4 Å². The van der Waals surface area contributed by atoms with Gasteiger partial charge in [0.05, 0.1) is 25.2 Å². The summed E-state index contributed by atoms with van der Waals surface area (Å²) in [6, 6.07) is 27.9. The molecular formula is C41H39N9O3. The summed E-state index contributed by atoms with van der Waals surface area (Å²) in [7, 11) is 1.64. The molecule has 1 aliphatic heterocycles. The number of nitrogens with one attached hydrogen (secondary N) is 1. The van der Waals surface area contributed by atoms with Crippen molar-refractivity contribution >= 4 is 28.0 Å². The summed E-state index contributed by atoms with van der Waals surface area (Å²) in [5.74, 6) is 8.42. The highest BCUT2D eigenvalue weighted by molar-refractivity contribution is 5.80. The van der Waals surface area contributed by atoms with Crippen LogP contribution < -0.4 is 21.5 Å². The third-order valence-corrected chi connectivity index (χ3v) is 9.77. The standard InChI is InChI=1S/C41H39N9O3/c1-4-5-23-49-36-38(47(3)41(52)50(39(36)51)26-33-43-27(2)31-20-12-13-21-32(31)44-33)46-40(49)48-22-14-19-30(25-48)42-24-34-45-35(28-15-8-6-9-16-28)37(53-34)29-17-10-7-11-18-29/h6-13,15-18,20-21,30,42H,14,19,22-26H2,1-3H3/t30-/m1/s1. The van der Waals surface area contributed by atoms with E-state index in [0.717, 1.165) is 58.6 Å². The molecule has 4 aromatic heterocycles. The highest BCUT2D eigenvalue weighted by Gasteiger charge is 2.28. The van der Waals surface area contributed by atoms with Gasteiger partial charge in [-0.3, -0.25) is 18.5 Å². The van der Waals surface area contributed by atoms with Gasteiger partial charge in [-0.25, -0.2) is 19.7 Å². The van der Waals surface area contributed by atoms with E-state index in [-0.39, 0.29) is 19.1 Å². The van der Waals surface area contributed by atoms with Gasteiger partial charge in [0.2, 0.25) is 11.8 Å². The van der Waals surface area contributed by atoms with Gasteiger partial charge in [0.15, 0.2) is 16.9 Å². The van der Waals surface area contributed by atoms with Crippen molar-refractivity contribution in [3.63, 3.8) is 0 Å². The van der Waals surface area contributed by atoms with E-state index in [1.165, 1.54) is 9.13 Å². The lowest BCUT2D eigenvalue weighted by molar-refractivity contribution is 0.388. The maximum atomic E-state index is 14.2. The SMILES string of the molecule is CC#CCn1c(N2CCC[C@@H](NCc3nc(-c4ccccc4)c(-c4ccccc4)o3)C2)nc2c1c(=O)n(Cc1nc(C)c3ccccc3n1)c(=O)n2C. The van der Waals surface area contributed by atoms with E-state index in [2.05, 4.69) is 32.0 Å². The predicted molar refractivity (Wildman–Crippen MR) is 206 cm³/mol. The molecule has 266 valence electrons. The first-order valence-corrected chi connectivity index (χ1v) is 17.8. The molecular weight excluding hydrogens is 667 g/mol. The van der Waals surface area contributed by atoms with Crippen LogP contribution in [0.4, 0.5) is 5.95 Å². The smallest absolute Gasteiger partial charge is 0.332 e. The Morgan fingerprint density at radius 3 is 2.40 bits per heavy atom. The van der Waals surface area contributed by atoms with Crippen LogP contribution in [-0.2, 0) is 26.7 Å². The van der Waals surface area contributed by atoms with Crippen molar-refractivity contribution in [3.8, 4) is 34.4 Å². The van der Waals surface area contributed by atoms with Crippen LogP contribution >= 0.6 is 0 Å². The number of fused-ring (bicyclic) bond motifs is 2. The van der Waals surface area contributed by atoms with Gasteiger partial charge < -0.3 is 14.6 Å². The molecule has 7 aromatic rings. The Balaban J connectivity index is 1.09. The predicted octanol–water partition coefficient (Wildman–Crippen LogP) is 5.30. The molecule has 0 amide bonds. The second kappa shape index (κ2) is 14.4. The third-order valence-electron chi connectivity index (χ3n) is 9.77. The summed E-state index contributed by atoms with van der Waals surface area (Å²) in [6.45, 7) is 5.66. The summed E-state index contributed by atoms with van der Waals surface area (Å²) < 4.78 is 10.8. The minimum absolute atomic E-state index is 0.0679. The van der Waals surface area contributed by atoms with Crippen molar-refractivity contribution in [2.75, 3.05) is 18.0 Å². The largest absolute Gasteiger partial charge is 0.439 e. The van der Waals surface area contributed by atoms with Crippen molar-refractivity contribution < 1.29 is 4.42 Å². The zero-order chi connectivity index (χ0) is 36.5. The Hall–Kier alpha value is -6.32. The molecule has 1 saturated heterocycles. The van der Waals surface area contributed by atoms with Crippen LogP contribution in [0.25, 0.3) is 44.6 Å². The Labute approximate surface area is 305 Å². The maximum absolute atomic E-state index is 14.2. The van der Waals surface area contributed by atoms with Crippen LogP contribution in [0.3, 0.4) is 0 Å². The zero-order valence-electron chi connectivity index (χ0n) is 29.9. The molecule has 0 radical (unpaired) electrons. The van der Waals surface area contributed by atoms with Gasteiger partial charge in [0, 0.05) is 48.4 Å². The minimum atomic E-state index is -0.483. The van der Waals surface area contributed by atoms with Gasteiger partial charge >= 0.3 is 5.69 Å². The quantitative estimate of drug-likeness (QED) is 0.199. The van der Waals surface area contributed by atoms with Gasteiger partial charge in [-0.1, -0.05) is 84.8 Å². The number of hydrogen-bond donors (Lipinski definition) is 1. The van der Waals surface area contributed by atoms with E-state index in [1.54, 1.807) is 14.0 Å². The molecule has 0 bridgehead atoms. The fraction of sp³-hybridized carbons (Fsp3) is 0.268. The topological polar surface area (TPSA) is 129 Å². The van der Waals surface area contributed by atoms with E-state index < -0.39 is 11.2 Å². The van der Waals surface area contributed by atoms with Crippen molar-refractivity contribution in [1.82, 2.24) is 39.0 Å². The van der Waals surface area contributed by atoms with Gasteiger partial charge in [-0.15, -0.1) is 5.92 Å². The molecule has 12 heteroatoms. The molecule has 3 aromatic carbocycles. The first kappa shape index (κ1) is 33.8. The molecule has 5 heterocycles. The average Bonchev–Trinajstić information content (AvgIpc) is 3.81. The Morgan fingerprint density at radius 1 is 0.887 bits per heavy atom. The number of benzene rings is 3. The Kier molecular flexibility index (Phi) is 9.16. The Morgan fingerprint density at radius 2 is 1.62 bits per heavy atom. The van der Waals surface area contributed by atoms with Gasteiger partial charge in [0.25, 0.3) is 5.56 Å². The fourth-order valence-corrected chi connectivity index (χ4v) is 7.13. The molecule has 0 unspecified atom stereocenters. The van der Waals surface area contributed by atoms with Crippen LogP contribution in [0.2, 0.25) is 0 Å².